The average Bonchev–Trinajstić information content (AvgIpc) is 2.11. The van der Waals surface area contributed by atoms with Gasteiger partial charge in [-0.2, -0.15) is 0 Å². The molecule has 14 heavy (non-hydrogen) atoms. The molecule has 0 amide bonds. The maximum Gasteiger partial charge on any atom is 0.324 e. The minimum atomic E-state index is -0.901. The van der Waals surface area contributed by atoms with Gasteiger partial charge in [0.2, 0.25) is 0 Å². The summed E-state index contributed by atoms with van der Waals surface area (Å²) < 4.78 is 0. The smallest absolute Gasteiger partial charge is 0.324 e. The molecule has 80 valence electrons. The second-order valence-electron chi connectivity index (χ2n) is 3.85. The maximum absolute atomic E-state index is 10.8. The van der Waals surface area contributed by atoms with E-state index in [1.165, 1.54) is 6.08 Å². The molecule has 0 aliphatic carbocycles. The molecule has 1 saturated heterocycles. The molecule has 2 N–H and O–H groups in total. The Morgan fingerprint density at radius 3 is 2.79 bits per heavy atom. The number of rotatable bonds is 3. The molecule has 1 fully saturated rings. The fourth-order valence-corrected chi connectivity index (χ4v) is 1.73. The van der Waals surface area contributed by atoms with Crippen LogP contribution in [0.4, 0.5) is 0 Å². The normalized spacial score (nSPS) is 31.0. The lowest BCUT2D eigenvalue weighted by Gasteiger charge is -2.36. The van der Waals surface area contributed by atoms with Crippen molar-refractivity contribution in [1.82, 2.24) is 4.90 Å². The Kier molecular flexibility index (Phi) is 3.66. The van der Waals surface area contributed by atoms with Crippen LogP contribution in [0.3, 0.4) is 0 Å². The molecule has 0 aromatic heterocycles. The third-order valence-electron chi connectivity index (χ3n) is 2.82. The number of aliphatic hydroxyl groups is 1. The summed E-state index contributed by atoms with van der Waals surface area (Å²) in [6.07, 6.45) is 1.81. The molecule has 1 aliphatic rings. The van der Waals surface area contributed by atoms with Gasteiger partial charge in [0.25, 0.3) is 0 Å². The zero-order valence-electron chi connectivity index (χ0n) is 8.39. The monoisotopic (exact) mass is 199 g/mol. The number of likely N-dealkylation sites (tertiary alicyclic amines) is 1. The van der Waals surface area contributed by atoms with Gasteiger partial charge in [0.05, 0.1) is 6.10 Å². The van der Waals surface area contributed by atoms with Crippen LogP contribution in [-0.2, 0) is 4.79 Å². The summed E-state index contributed by atoms with van der Waals surface area (Å²) in [5, 5.41) is 18.5. The predicted molar refractivity (Wildman–Crippen MR) is 53.0 cm³/mol. The number of carbonyl (C=O) groups is 1. The van der Waals surface area contributed by atoms with Crippen molar-refractivity contribution >= 4 is 5.97 Å². The summed E-state index contributed by atoms with van der Waals surface area (Å²) in [6, 6.07) is -0.669. The van der Waals surface area contributed by atoms with E-state index in [0.29, 0.717) is 13.1 Å². The molecule has 1 heterocycles. The van der Waals surface area contributed by atoms with E-state index >= 15 is 0 Å². The number of aliphatic hydroxyl groups excluding tert-OH is 1. The van der Waals surface area contributed by atoms with Crippen molar-refractivity contribution < 1.29 is 15.0 Å². The van der Waals surface area contributed by atoms with Crippen LogP contribution < -0.4 is 0 Å². The summed E-state index contributed by atoms with van der Waals surface area (Å²) in [4.78, 5) is 12.6. The van der Waals surface area contributed by atoms with Gasteiger partial charge < -0.3 is 10.2 Å². The van der Waals surface area contributed by atoms with E-state index in [4.69, 9.17) is 5.11 Å². The Hall–Kier alpha value is -0.870. The highest BCUT2D eigenvalue weighted by molar-refractivity contribution is 5.75. The topological polar surface area (TPSA) is 60.8 Å². The van der Waals surface area contributed by atoms with Gasteiger partial charge in [0, 0.05) is 6.54 Å². The number of aliphatic carboxylic acids is 1. The first-order chi connectivity index (χ1) is 6.56. The lowest BCUT2D eigenvalue weighted by molar-refractivity contribution is -0.142. The summed E-state index contributed by atoms with van der Waals surface area (Å²) in [5.41, 5.74) is 0. The van der Waals surface area contributed by atoms with Gasteiger partial charge in [0.15, 0.2) is 0 Å². The number of carboxylic acids is 1. The van der Waals surface area contributed by atoms with Gasteiger partial charge in [0.1, 0.15) is 6.04 Å². The molecule has 4 heteroatoms. The molecule has 0 saturated carbocycles. The summed E-state index contributed by atoms with van der Waals surface area (Å²) in [5.74, 6) is -0.646. The van der Waals surface area contributed by atoms with Crippen LogP contribution in [0.5, 0.6) is 0 Å². The lowest BCUT2D eigenvalue weighted by Crippen LogP contribution is -2.49. The lowest BCUT2D eigenvalue weighted by atomic mass is 9.95. The van der Waals surface area contributed by atoms with E-state index in [0.717, 1.165) is 6.42 Å². The van der Waals surface area contributed by atoms with Crippen molar-refractivity contribution in [2.45, 2.75) is 25.5 Å². The molecule has 3 atom stereocenters. The van der Waals surface area contributed by atoms with E-state index in [9.17, 15) is 9.90 Å². The van der Waals surface area contributed by atoms with Gasteiger partial charge in [-0.15, -0.1) is 6.58 Å². The predicted octanol–water partition coefficient (Wildman–Crippen LogP) is 0.328. The molecule has 4 nitrogen and oxygen atoms in total. The number of piperidine rings is 1. The fourth-order valence-electron chi connectivity index (χ4n) is 1.73. The first-order valence-electron chi connectivity index (χ1n) is 4.83. The molecule has 1 aliphatic heterocycles. The molecular formula is C10H17NO3. The largest absolute Gasteiger partial charge is 0.480 e. The average molecular weight is 199 g/mol. The highest BCUT2D eigenvalue weighted by Crippen LogP contribution is 2.19. The zero-order chi connectivity index (χ0) is 10.7. The van der Waals surface area contributed by atoms with Gasteiger partial charge >= 0.3 is 5.97 Å². The van der Waals surface area contributed by atoms with Crippen LogP contribution in [0.25, 0.3) is 0 Å². The van der Waals surface area contributed by atoms with Crippen molar-refractivity contribution in [2.75, 3.05) is 13.1 Å². The zero-order valence-corrected chi connectivity index (χ0v) is 8.39. The third kappa shape index (κ3) is 2.33. The minimum absolute atomic E-state index is 0.255. The minimum Gasteiger partial charge on any atom is -0.480 e. The van der Waals surface area contributed by atoms with E-state index in [2.05, 4.69) is 6.58 Å². The number of β-amino-alcohol motifs (C(OH)–C–C–N with tert-alkyl or cyclic N) is 1. The Bertz CT molecular complexity index is 229. The molecule has 0 aromatic rings. The Balaban J connectivity index is 2.61. The van der Waals surface area contributed by atoms with Crippen LogP contribution in [0, 0.1) is 5.92 Å². The highest BCUT2D eigenvalue weighted by Gasteiger charge is 2.30. The van der Waals surface area contributed by atoms with E-state index in [-0.39, 0.29) is 5.92 Å². The van der Waals surface area contributed by atoms with Crippen LogP contribution >= 0.6 is 0 Å². The summed E-state index contributed by atoms with van der Waals surface area (Å²) >= 11 is 0. The first kappa shape index (κ1) is 11.2. The quantitative estimate of drug-likeness (QED) is 0.643. The van der Waals surface area contributed by atoms with E-state index in [1.807, 2.05) is 6.92 Å². The van der Waals surface area contributed by atoms with Crippen LogP contribution in [-0.4, -0.2) is 46.3 Å². The first-order valence-corrected chi connectivity index (χ1v) is 4.83. The molecule has 0 bridgehead atoms. The van der Waals surface area contributed by atoms with Gasteiger partial charge in [-0.05, 0) is 18.9 Å². The Labute approximate surface area is 83.8 Å². The van der Waals surface area contributed by atoms with E-state index < -0.39 is 18.1 Å². The van der Waals surface area contributed by atoms with Gasteiger partial charge in [-0.1, -0.05) is 13.0 Å². The third-order valence-corrected chi connectivity index (χ3v) is 2.82. The van der Waals surface area contributed by atoms with Gasteiger partial charge in [-0.25, -0.2) is 0 Å². The second kappa shape index (κ2) is 4.57. The molecule has 0 spiro atoms. The van der Waals surface area contributed by atoms with Crippen LogP contribution in [0.2, 0.25) is 0 Å². The van der Waals surface area contributed by atoms with Crippen molar-refractivity contribution in [3.05, 3.63) is 12.7 Å². The molecule has 0 aromatic carbocycles. The fraction of sp³-hybridized carbons (Fsp3) is 0.700. The Morgan fingerprint density at radius 1 is 1.71 bits per heavy atom. The summed E-state index contributed by atoms with van der Waals surface area (Å²) in [7, 11) is 0. The molecule has 1 rings (SSSR count). The van der Waals surface area contributed by atoms with Crippen molar-refractivity contribution in [2.24, 2.45) is 5.92 Å². The SMILES string of the molecule is C=CC(C(=O)O)N1CCC(C)C(O)C1. The standard InChI is InChI=1S/C10H17NO3/c1-3-8(10(13)14)11-5-4-7(2)9(12)6-11/h3,7-9,12H,1,4-6H2,2H3,(H,13,14). The molecule has 3 unspecified atom stereocenters. The van der Waals surface area contributed by atoms with Crippen LogP contribution in [0.15, 0.2) is 12.7 Å². The number of nitrogens with zero attached hydrogens (tertiary/aromatic N) is 1. The second-order valence-corrected chi connectivity index (χ2v) is 3.85. The van der Waals surface area contributed by atoms with E-state index in [1.54, 1.807) is 4.90 Å². The number of carboxylic acid groups (broad SMARTS) is 1. The number of hydrogen-bond acceptors (Lipinski definition) is 3. The molecule has 0 radical (unpaired) electrons. The molecular weight excluding hydrogens is 182 g/mol. The Morgan fingerprint density at radius 2 is 2.36 bits per heavy atom. The van der Waals surface area contributed by atoms with Crippen LogP contribution in [0.1, 0.15) is 13.3 Å². The van der Waals surface area contributed by atoms with Crippen molar-refractivity contribution in [3.8, 4) is 0 Å². The summed E-state index contributed by atoms with van der Waals surface area (Å²) in [6.45, 7) is 6.61. The van der Waals surface area contributed by atoms with Crippen molar-refractivity contribution in [1.29, 1.82) is 0 Å². The highest BCUT2D eigenvalue weighted by atomic mass is 16.4. The maximum atomic E-state index is 10.8. The van der Waals surface area contributed by atoms with Crippen molar-refractivity contribution in [3.63, 3.8) is 0 Å². The van der Waals surface area contributed by atoms with Gasteiger partial charge in [-0.3, -0.25) is 9.69 Å². The number of hydrogen-bond donors (Lipinski definition) is 2.